The summed E-state index contributed by atoms with van der Waals surface area (Å²) in [6.07, 6.45) is 1.98. The lowest BCUT2D eigenvalue weighted by Crippen LogP contribution is -1.89. The smallest absolute Gasteiger partial charge is 0.266 e. The summed E-state index contributed by atoms with van der Waals surface area (Å²) < 4.78 is 7.87. The van der Waals surface area contributed by atoms with E-state index in [0.717, 1.165) is 22.6 Å². The van der Waals surface area contributed by atoms with Crippen LogP contribution in [0.1, 0.15) is 16.8 Å². The van der Waals surface area contributed by atoms with Gasteiger partial charge in [0.05, 0.1) is 5.69 Å². The largest absolute Gasteiger partial charge is 0.415 e. The zero-order chi connectivity index (χ0) is 16.0. The van der Waals surface area contributed by atoms with Crippen molar-refractivity contribution < 1.29 is 4.42 Å². The molecule has 0 unspecified atom stereocenters. The van der Waals surface area contributed by atoms with E-state index in [0.29, 0.717) is 11.8 Å². The fraction of sp³-hybridized carbons (Fsp3) is 0.167. The maximum absolute atomic E-state index is 5.89. The van der Waals surface area contributed by atoms with Crippen LogP contribution in [-0.2, 0) is 0 Å². The van der Waals surface area contributed by atoms with Crippen LogP contribution < -0.4 is 0 Å². The minimum atomic E-state index is 0.481. The van der Waals surface area contributed by atoms with E-state index in [1.54, 1.807) is 0 Å². The third-order valence-electron chi connectivity index (χ3n) is 3.88. The lowest BCUT2D eigenvalue weighted by Gasteiger charge is -1.99. The molecule has 23 heavy (non-hydrogen) atoms. The first-order valence-corrected chi connectivity index (χ1v) is 7.48. The molecule has 5 heteroatoms. The zero-order valence-electron chi connectivity index (χ0n) is 13.2. The second-order valence-corrected chi connectivity index (χ2v) is 5.76. The molecule has 0 aliphatic carbocycles. The molecule has 3 heterocycles. The lowest BCUT2D eigenvalue weighted by atomic mass is 10.1. The van der Waals surface area contributed by atoms with E-state index in [1.807, 2.05) is 67.8 Å². The monoisotopic (exact) mass is 304 g/mol. The van der Waals surface area contributed by atoms with Gasteiger partial charge < -0.3 is 4.42 Å². The van der Waals surface area contributed by atoms with Gasteiger partial charge in [-0.1, -0.05) is 17.7 Å². The maximum Gasteiger partial charge on any atom is 0.266 e. The van der Waals surface area contributed by atoms with Gasteiger partial charge in [-0.25, -0.2) is 4.98 Å². The predicted molar refractivity (Wildman–Crippen MR) is 88.1 cm³/mol. The SMILES string of the molecule is Cc1ccc(-c2nnc(-c3c(C)nc4cc(C)ccn34)o2)cc1. The summed E-state index contributed by atoms with van der Waals surface area (Å²) in [5, 5.41) is 8.39. The molecule has 0 radical (unpaired) electrons. The van der Waals surface area contributed by atoms with Gasteiger partial charge in [-0.15, -0.1) is 10.2 Å². The van der Waals surface area contributed by atoms with Crippen LogP contribution in [0, 0.1) is 20.8 Å². The molecule has 0 amide bonds. The molecule has 0 saturated carbocycles. The summed E-state index contributed by atoms with van der Waals surface area (Å²) in [5.41, 5.74) is 5.87. The summed E-state index contributed by atoms with van der Waals surface area (Å²) in [7, 11) is 0. The van der Waals surface area contributed by atoms with Gasteiger partial charge >= 0.3 is 0 Å². The van der Waals surface area contributed by atoms with Gasteiger partial charge in [0.15, 0.2) is 0 Å². The molecule has 5 nitrogen and oxygen atoms in total. The Morgan fingerprint density at radius 3 is 2.39 bits per heavy atom. The molecule has 0 atom stereocenters. The number of benzene rings is 1. The standard InChI is InChI=1S/C18H16N4O/c1-11-4-6-14(7-5-11)17-20-21-18(23-17)16-13(3)19-15-10-12(2)8-9-22(15)16/h4-10H,1-3H3. The van der Waals surface area contributed by atoms with Crippen molar-refractivity contribution in [1.29, 1.82) is 0 Å². The van der Waals surface area contributed by atoms with Crippen molar-refractivity contribution in [3.63, 3.8) is 0 Å². The van der Waals surface area contributed by atoms with Crippen molar-refractivity contribution in [2.24, 2.45) is 0 Å². The van der Waals surface area contributed by atoms with E-state index in [9.17, 15) is 0 Å². The van der Waals surface area contributed by atoms with Crippen molar-refractivity contribution in [2.45, 2.75) is 20.8 Å². The van der Waals surface area contributed by atoms with E-state index in [-0.39, 0.29) is 0 Å². The van der Waals surface area contributed by atoms with Crippen molar-refractivity contribution >= 4 is 5.65 Å². The van der Waals surface area contributed by atoms with E-state index in [1.165, 1.54) is 11.1 Å². The van der Waals surface area contributed by atoms with Crippen LogP contribution in [-0.4, -0.2) is 19.6 Å². The fourth-order valence-electron chi connectivity index (χ4n) is 2.65. The fourth-order valence-corrected chi connectivity index (χ4v) is 2.65. The number of rotatable bonds is 2. The predicted octanol–water partition coefficient (Wildman–Crippen LogP) is 3.98. The molecule has 0 aliphatic rings. The summed E-state index contributed by atoms with van der Waals surface area (Å²) in [6.45, 7) is 6.05. The maximum atomic E-state index is 5.89. The van der Waals surface area contributed by atoms with E-state index < -0.39 is 0 Å². The highest BCUT2D eigenvalue weighted by Gasteiger charge is 2.17. The Labute approximate surface area is 133 Å². The highest BCUT2D eigenvalue weighted by molar-refractivity contribution is 5.62. The zero-order valence-corrected chi connectivity index (χ0v) is 13.2. The molecule has 4 aromatic rings. The van der Waals surface area contributed by atoms with Crippen molar-refractivity contribution in [3.8, 4) is 23.0 Å². The number of pyridine rings is 1. The number of aromatic nitrogens is 4. The summed E-state index contributed by atoms with van der Waals surface area (Å²) in [6, 6.07) is 12.1. The first-order valence-electron chi connectivity index (χ1n) is 7.48. The molecular weight excluding hydrogens is 288 g/mol. The topological polar surface area (TPSA) is 56.2 Å². The Balaban J connectivity index is 1.83. The molecular formula is C18H16N4O. The third kappa shape index (κ3) is 2.30. The molecule has 1 aromatic carbocycles. The van der Waals surface area contributed by atoms with Gasteiger partial charge in [-0.05, 0) is 50.6 Å². The molecule has 0 saturated heterocycles. The highest BCUT2D eigenvalue weighted by Crippen LogP contribution is 2.27. The van der Waals surface area contributed by atoms with Crippen LogP contribution in [0.15, 0.2) is 47.0 Å². The Morgan fingerprint density at radius 2 is 1.61 bits per heavy atom. The quantitative estimate of drug-likeness (QED) is 0.562. The minimum absolute atomic E-state index is 0.481. The average Bonchev–Trinajstić information content (AvgIpc) is 3.11. The van der Waals surface area contributed by atoms with Crippen molar-refractivity contribution in [1.82, 2.24) is 19.6 Å². The molecule has 0 aliphatic heterocycles. The van der Waals surface area contributed by atoms with Gasteiger partial charge in [-0.2, -0.15) is 0 Å². The van der Waals surface area contributed by atoms with E-state index in [2.05, 4.69) is 15.2 Å². The van der Waals surface area contributed by atoms with Crippen LogP contribution in [0.2, 0.25) is 0 Å². The summed E-state index contributed by atoms with van der Waals surface area (Å²) in [5.74, 6) is 0.996. The average molecular weight is 304 g/mol. The van der Waals surface area contributed by atoms with Gasteiger partial charge in [0.25, 0.3) is 5.89 Å². The number of imidazole rings is 1. The molecule has 0 fully saturated rings. The number of aryl methyl sites for hydroxylation is 3. The Morgan fingerprint density at radius 1 is 0.870 bits per heavy atom. The van der Waals surface area contributed by atoms with Crippen LogP contribution in [0.25, 0.3) is 28.7 Å². The van der Waals surface area contributed by atoms with Crippen molar-refractivity contribution in [3.05, 3.63) is 59.4 Å². The van der Waals surface area contributed by atoms with Crippen LogP contribution >= 0.6 is 0 Å². The normalized spacial score (nSPS) is 11.3. The lowest BCUT2D eigenvalue weighted by molar-refractivity contribution is 0.581. The molecule has 114 valence electrons. The van der Waals surface area contributed by atoms with E-state index >= 15 is 0 Å². The number of hydrogen-bond acceptors (Lipinski definition) is 4. The molecule has 3 aromatic heterocycles. The van der Waals surface area contributed by atoms with Gasteiger partial charge in [0, 0.05) is 11.8 Å². The molecule has 0 spiro atoms. The second-order valence-electron chi connectivity index (χ2n) is 5.76. The van der Waals surface area contributed by atoms with Gasteiger partial charge in [0.2, 0.25) is 5.89 Å². The van der Waals surface area contributed by atoms with Gasteiger partial charge in [-0.3, -0.25) is 4.40 Å². The first kappa shape index (κ1) is 13.7. The van der Waals surface area contributed by atoms with Crippen LogP contribution in [0.5, 0.6) is 0 Å². The third-order valence-corrected chi connectivity index (χ3v) is 3.88. The highest BCUT2D eigenvalue weighted by atomic mass is 16.4. The Bertz CT molecular complexity index is 996. The number of hydrogen-bond donors (Lipinski definition) is 0. The molecule has 0 N–H and O–H groups in total. The Kier molecular flexibility index (Phi) is 3.01. The Hall–Kier alpha value is -2.95. The summed E-state index contributed by atoms with van der Waals surface area (Å²) in [4.78, 5) is 4.58. The van der Waals surface area contributed by atoms with E-state index in [4.69, 9.17) is 4.42 Å². The minimum Gasteiger partial charge on any atom is -0.415 e. The summed E-state index contributed by atoms with van der Waals surface area (Å²) >= 11 is 0. The van der Waals surface area contributed by atoms with Gasteiger partial charge in [0.1, 0.15) is 11.3 Å². The first-order chi connectivity index (χ1) is 11.1. The van der Waals surface area contributed by atoms with Crippen LogP contribution in [0.3, 0.4) is 0 Å². The number of nitrogens with zero attached hydrogens (tertiary/aromatic N) is 4. The molecule has 4 rings (SSSR count). The van der Waals surface area contributed by atoms with Crippen LogP contribution in [0.4, 0.5) is 0 Å². The molecule has 0 bridgehead atoms. The van der Waals surface area contributed by atoms with Crippen molar-refractivity contribution in [2.75, 3.05) is 0 Å². The number of fused-ring (bicyclic) bond motifs is 1. The second kappa shape index (κ2) is 5.05.